The molecule has 1 aliphatic carbocycles. The highest BCUT2D eigenvalue weighted by atomic mass is 35.5. The first-order valence-corrected chi connectivity index (χ1v) is 9.09. The van der Waals surface area contributed by atoms with E-state index >= 15 is 0 Å². The number of anilines is 1. The third-order valence-corrected chi connectivity index (χ3v) is 5.78. The normalized spacial score (nSPS) is 25.3. The highest BCUT2D eigenvalue weighted by molar-refractivity contribution is 6.32. The number of rotatable bonds is 2. The number of amides is 1. The highest BCUT2D eigenvalue weighted by Crippen LogP contribution is 2.47. The van der Waals surface area contributed by atoms with Crippen LogP contribution in [0.25, 0.3) is 5.57 Å². The van der Waals surface area contributed by atoms with Crippen LogP contribution in [0.5, 0.6) is 0 Å². The lowest BCUT2D eigenvalue weighted by molar-refractivity contribution is -0.121. The van der Waals surface area contributed by atoms with E-state index in [9.17, 15) is 4.79 Å². The molecule has 1 heterocycles. The maximum absolute atomic E-state index is 12.2. The Bertz CT molecular complexity index is 860. The minimum Gasteiger partial charge on any atom is -0.399 e. The fraction of sp³-hybridized carbons (Fsp3) is 0.250. The molecule has 1 saturated heterocycles. The van der Waals surface area contributed by atoms with Gasteiger partial charge in [-0.3, -0.25) is 4.79 Å². The van der Waals surface area contributed by atoms with Crippen LogP contribution in [0.15, 0.2) is 48.5 Å². The van der Waals surface area contributed by atoms with Crippen LogP contribution in [0.2, 0.25) is 10.0 Å². The molecule has 1 aliphatic heterocycles. The Morgan fingerprint density at radius 1 is 1.08 bits per heavy atom. The van der Waals surface area contributed by atoms with Crippen molar-refractivity contribution in [3.05, 3.63) is 69.7 Å². The monoisotopic (exact) mass is 372 g/mol. The van der Waals surface area contributed by atoms with Crippen LogP contribution in [0.4, 0.5) is 5.69 Å². The standard InChI is InChI=1S/C20H18Cl2N2O/c21-13-3-1-11(2-4-13)16-9-17-12(10-24-20(17)25)7-18(16)15-6-5-14(23)8-19(15)22/h1-6,8-9,12,17-18H,7,10,23H2,(H,24,25). The zero-order valence-electron chi connectivity index (χ0n) is 13.5. The molecule has 1 amide bonds. The smallest absolute Gasteiger partial charge is 0.227 e. The maximum atomic E-state index is 12.2. The van der Waals surface area contributed by atoms with Gasteiger partial charge in [0.1, 0.15) is 0 Å². The first-order valence-electron chi connectivity index (χ1n) is 8.33. The van der Waals surface area contributed by atoms with Gasteiger partial charge in [0, 0.05) is 28.2 Å². The van der Waals surface area contributed by atoms with Crippen LogP contribution in [0.3, 0.4) is 0 Å². The van der Waals surface area contributed by atoms with Gasteiger partial charge in [0.25, 0.3) is 0 Å². The zero-order chi connectivity index (χ0) is 17.6. The molecule has 0 spiro atoms. The maximum Gasteiger partial charge on any atom is 0.227 e. The Morgan fingerprint density at radius 2 is 1.84 bits per heavy atom. The van der Waals surface area contributed by atoms with E-state index in [1.807, 2.05) is 36.4 Å². The Kier molecular flexibility index (Phi) is 4.22. The van der Waals surface area contributed by atoms with Crippen molar-refractivity contribution >= 4 is 40.4 Å². The van der Waals surface area contributed by atoms with Crippen molar-refractivity contribution in [3.8, 4) is 0 Å². The van der Waals surface area contributed by atoms with Crippen molar-refractivity contribution in [2.24, 2.45) is 11.8 Å². The molecule has 1 fully saturated rings. The van der Waals surface area contributed by atoms with Crippen molar-refractivity contribution in [2.75, 3.05) is 12.3 Å². The second-order valence-corrected chi connectivity index (χ2v) is 7.57. The van der Waals surface area contributed by atoms with Crippen LogP contribution >= 0.6 is 23.2 Å². The van der Waals surface area contributed by atoms with E-state index in [1.54, 1.807) is 6.07 Å². The average Bonchev–Trinajstić information content (AvgIpc) is 2.95. The van der Waals surface area contributed by atoms with Crippen molar-refractivity contribution in [2.45, 2.75) is 12.3 Å². The van der Waals surface area contributed by atoms with Gasteiger partial charge in [-0.05, 0) is 53.3 Å². The topological polar surface area (TPSA) is 55.1 Å². The Labute approximate surface area is 156 Å². The number of fused-ring (bicyclic) bond motifs is 1. The molecule has 0 radical (unpaired) electrons. The predicted molar refractivity (Wildman–Crippen MR) is 103 cm³/mol. The van der Waals surface area contributed by atoms with Gasteiger partial charge in [-0.2, -0.15) is 0 Å². The summed E-state index contributed by atoms with van der Waals surface area (Å²) in [6, 6.07) is 13.4. The molecule has 3 atom stereocenters. The zero-order valence-corrected chi connectivity index (χ0v) is 15.0. The molecule has 2 aromatic carbocycles. The first kappa shape index (κ1) is 16.5. The van der Waals surface area contributed by atoms with Gasteiger partial charge < -0.3 is 11.1 Å². The van der Waals surface area contributed by atoms with E-state index in [-0.39, 0.29) is 17.7 Å². The quantitative estimate of drug-likeness (QED) is 0.761. The molecule has 5 heteroatoms. The molecular weight excluding hydrogens is 355 g/mol. The second-order valence-electron chi connectivity index (χ2n) is 6.73. The third-order valence-electron chi connectivity index (χ3n) is 5.20. The van der Waals surface area contributed by atoms with Gasteiger partial charge >= 0.3 is 0 Å². The molecule has 25 heavy (non-hydrogen) atoms. The summed E-state index contributed by atoms with van der Waals surface area (Å²) in [5.41, 5.74) is 9.75. The number of halogens is 2. The Balaban J connectivity index is 1.83. The lowest BCUT2D eigenvalue weighted by Crippen LogP contribution is -2.23. The molecule has 3 unspecified atom stereocenters. The SMILES string of the molecule is Nc1ccc(C2CC3CNC(=O)C3C=C2c2ccc(Cl)cc2)c(Cl)c1. The van der Waals surface area contributed by atoms with Gasteiger partial charge in [-0.15, -0.1) is 0 Å². The molecular formula is C20H18Cl2N2O. The minimum absolute atomic E-state index is 0.0746. The second kappa shape index (κ2) is 6.40. The summed E-state index contributed by atoms with van der Waals surface area (Å²) >= 11 is 12.5. The summed E-state index contributed by atoms with van der Waals surface area (Å²) in [4.78, 5) is 12.2. The van der Waals surface area contributed by atoms with Gasteiger partial charge in [-0.25, -0.2) is 0 Å². The number of carbonyl (C=O) groups is 1. The van der Waals surface area contributed by atoms with Crippen LogP contribution in [-0.2, 0) is 4.79 Å². The number of allylic oxidation sites excluding steroid dienone is 1. The van der Waals surface area contributed by atoms with E-state index in [2.05, 4.69) is 11.4 Å². The number of benzene rings is 2. The van der Waals surface area contributed by atoms with E-state index in [0.29, 0.717) is 21.7 Å². The van der Waals surface area contributed by atoms with Crippen molar-refractivity contribution in [1.82, 2.24) is 5.32 Å². The number of nitrogen functional groups attached to an aromatic ring is 1. The van der Waals surface area contributed by atoms with Crippen LogP contribution in [0, 0.1) is 11.8 Å². The van der Waals surface area contributed by atoms with Crippen LogP contribution in [0.1, 0.15) is 23.5 Å². The molecule has 128 valence electrons. The summed E-state index contributed by atoms with van der Waals surface area (Å²) in [6.45, 7) is 0.719. The number of hydrogen-bond donors (Lipinski definition) is 2. The Morgan fingerprint density at radius 3 is 2.56 bits per heavy atom. The summed E-state index contributed by atoms with van der Waals surface area (Å²) in [5, 5.41) is 4.34. The van der Waals surface area contributed by atoms with Gasteiger partial charge in [0.05, 0.1) is 5.92 Å². The molecule has 0 saturated carbocycles. The van der Waals surface area contributed by atoms with Crippen LogP contribution in [-0.4, -0.2) is 12.5 Å². The van der Waals surface area contributed by atoms with Crippen molar-refractivity contribution < 1.29 is 4.79 Å². The lowest BCUT2D eigenvalue weighted by Gasteiger charge is -2.31. The van der Waals surface area contributed by atoms with E-state index < -0.39 is 0 Å². The van der Waals surface area contributed by atoms with E-state index in [0.717, 1.165) is 29.7 Å². The fourth-order valence-electron chi connectivity index (χ4n) is 3.93. The van der Waals surface area contributed by atoms with Gasteiger partial charge in [0.15, 0.2) is 0 Å². The first-order chi connectivity index (χ1) is 12.0. The third kappa shape index (κ3) is 3.03. The average molecular weight is 373 g/mol. The molecule has 3 N–H and O–H groups in total. The molecule has 0 aromatic heterocycles. The van der Waals surface area contributed by atoms with Crippen LogP contribution < -0.4 is 11.1 Å². The largest absolute Gasteiger partial charge is 0.399 e. The molecule has 2 aromatic rings. The van der Waals surface area contributed by atoms with E-state index in [4.69, 9.17) is 28.9 Å². The number of nitrogens with two attached hydrogens (primary N) is 1. The summed E-state index contributed by atoms with van der Waals surface area (Å²) < 4.78 is 0. The Hall–Kier alpha value is -1.97. The predicted octanol–water partition coefficient (Wildman–Crippen LogP) is 4.51. The van der Waals surface area contributed by atoms with Crippen molar-refractivity contribution in [1.29, 1.82) is 0 Å². The number of nitrogens with one attached hydrogen (secondary N) is 1. The lowest BCUT2D eigenvalue weighted by atomic mass is 9.71. The van der Waals surface area contributed by atoms with Gasteiger partial charge in [-0.1, -0.05) is 47.5 Å². The van der Waals surface area contributed by atoms with Crippen molar-refractivity contribution in [3.63, 3.8) is 0 Å². The summed E-state index contributed by atoms with van der Waals surface area (Å²) in [5.74, 6) is 0.457. The molecule has 4 rings (SSSR count). The fourth-order valence-corrected chi connectivity index (χ4v) is 4.38. The molecule has 2 aliphatic rings. The number of carbonyl (C=O) groups excluding carboxylic acids is 1. The number of hydrogen-bond acceptors (Lipinski definition) is 2. The van der Waals surface area contributed by atoms with E-state index in [1.165, 1.54) is 0 Å². The van der Waals surface area contributed by atoms with Gasteiger partial charge in [0.2, 0.25) is 5.91 Å². The minimum atomic E-state index is -0.0746. The summed E-state index contributed by atoms with van der Waals surface area (Å²) in [7, 11) is 0. The highest BCUT2D eigenvalue weighted by Gasteiger charge is 2.40. The summed E-state index contributed by atoms with van der Waals surface area (Å²) in [6.07, 6.45) is 2.98. The molecule has 3 nitrogen and oxygen atoms in total. The molecule has 0 bridgehead atoms.